The van der Waals surface area contributed by atoms with Crippen LogP contribution in [-0.4, -0.2) is 97.5 Å². The van der Waals surface area contributed by atoms with Crippen molar-refractivity contribution in [2.45, 2.75) is 55.9 Å². The highest BCUT2D eigenvalue weighted by molar-refractivity contribution is 6.33. The number of hydrogen-bond donors (Lipinski definition) is 4. The van der Waals surface area contributed by atoms with E-state index >= 15 is 4.39 Å². The lowest BCUT2D eigenvalue weighted by atomic mass is 9.86. The number of hydrogen-bond acceptors (Lipinski definition) is 8. The van der Waals surface area contributed by atoms with Crippen molar-refractivity contribution < 1.29 is 56.4 Å². The van der Waals surface area contributed by atoms with Crippen LogP contribution in [0.1, 0.15) is 53.1 Å². The smallest absolute Gasteiger partial charge is 0.488 e. The molecule has 52 heavy (non-hydrogen) atoms. The number of nitrogens with two attached hydrogens (primary N) is 1. The number of carbonyl (C=O) groups excluding carboxylic acids is 2. The number of carboxylic acids is 1. The maximum Gasteiger partial charge on any atom is 0.490 e. The van der Waals surface area contributed by atoms with Gasteiger partial charge in [-0.25, -0.2) is 14.0 Å². The number of rotatable bonds is 13. The Morgan fingerprint density at radius 1 is 1.06 bits per heavy atom. The SMILES string of the molecule is COCCOc1ccc(C(N)=O)c(-c2cc(C(CNC3CCC(N4C(=O)OC[C@H]4CO)CC3)c3ccccc3)ccc2Cl)c1F.O=C(O)C(F)(F)F. The van der Waals surface area contributed by atoms with Gasteiger partial charge in [0.15, 0.2) is 11.6 Å². The number of methoxy groups -OCH3 is 1. The monoisotopic (exact) mass is 753 g/mol. The molecule has 0 bridgehead atoms. The Balaban J connectivity index is 0.000000785. The number of aliphatic hydroxyl groups is 1. The first kappa shape index (κ1) is 40.3. The normalized spacial score (nSPS) is 19.3. The molecule has 1 aliphatic heterocycles. The van der Waals surface area contributed by atoms with E-state index in [1.807, 2.05) is 42.5 Å². The number of alkyl halides is 3. The number of aliphatic carboxylic acids is 1. The molecule has 16 heteroatoms. The van der Waals surface area contributed by atoms with Crippen LogP contribution in [0.2, 0.25) is 5.02 Å². The molecule has 3 aromatic carbocycles. The third-order valence-corrected chi connectivity index (χ3v) is 9.27. The summed E-state index contributed by atoms with van der Waals surface area (Å²) in [5, 5.41) is 20.8. The summed E-state index contributed by atoms with van der Waals surface area (Å²) in [6.45, 7) is 1.11. The summed E-state index contributed by atoms with van der Waals surface area (Å²) in [7, 11) is 1.52. The van der Waals surface area contributed by atoms with Crippen LogP contribution in [0.4, 0.5) is 22.4 Å². The van der Waals surface area contributed by atoms with Crippen molar-refractivity contribution in [3.8, 4) is 16.9 Å². The number of amides is 2. The van der Waals surface area contributed by atoms with Crippen LogP contribution in [0, 0.1) is 5.82 Å². The van der Waals surface area contributed by atoms with Gasteiger partial charge in [-0.2, -0.15) is 13.2 Å². The average molecular weight is 754 g/mol. The maximum atomic E-state index is 16.0. The summed E-state index contributed by atoms with van der Waals surface area (Å²) in [6.07, 6.45) is -2.09. The van der Waals surface area contributed by atoms with Gasteiger partial charge in [-0.15, -0.1) is 0 Å². The van der Waals surface area contributed by atoms with Crippen LogP contribution in [0.15, 0.2) is 60.7 Å². The van der Waals surface area contributed by atoms with E-state index < -0.39 is 23.9 Å². The van der Waals surface area contributed by atoms with Gasteiger partial charge in [0.25, 0.3) is 0 Å². The van der Waals surface area contributed by atoms with Gasteiger partial charge in [0, 0.05) is 47.8 Å². The quantitative estimate of drug-likeness (QED) is 0.126. The summed E-state index contributed by atoms with van der Waals surface area (Å²) in [5.74, 6) is -4.41. The van der Waals surface area contributed by atoms with Crippen LogP contribution in [0.5, 0.6) is 5.75 Å². The van der Waals surface area contributed by atoms with Gasteiger partial charge < -0.3 is 35.5 Å². The predicted molar refractivity (Wildman–Crippen MR) is 183 cm³/mol. The molecule has 1 aliphatic carbocycles. The molecule has 1 saturated carbocycles. The molecule has 1 saturated heterocycles. The Labute approximate surface area is 302 Å². The standard InChI is InChI=1S/C34H39ClFN3O6.C2HF3O2/c1-43-15-16-44-30-14-12-26(33(37)41)31(32(30)36)27-17-22(7-13-29(27)35)28(21-5-3-2-4-6-21)18-38-23-8-10-24(11-9-23)39-25(19-40)20-45-34(39)42;3-2(4,5)1(6)7/h2-7,12-14,17,23-25,28,38,40H,8-11,15-16,18-20H2,1H3,(H2,37,41);(H,6,7)/t23?,24?,25-,28?;/m1./s1. The van der Waals surface area contributed by atoms with Crippen molar-refractivity contribution in [2.24, 2.45) is 5.73 Å². The van der Waals surface area contributed by atoms with Gasteiger partial charge in [0.1, 0.15) is 13.2 Å². The number of nitrogens with one attached hydrogen (secondary N) is 1. The van der Waals surface area contributed by atoms with Crippen LogP contribution < -0.4 is 15.8 Å². The van der Waals surface area contributed by atoms with E-state index in [1.165, 1.54) is 19.2 Å². The van der Waals surface area contributed by atoms with Crippen molar-refractivity contribution in [1.82, 2.24) is 10.2 Å². The Morgan fingerprint density at radius 2 is 1.73 bits per heavy atom. The fraction of sp³-hybridized carbons (Fsp3) is 0.417. The largest absolute Gasteiger partial charge is 0.490 e. The van der Waals surface area contributed by atoms with Crippen LogP contribution in [0.3, 0.4) is 0 Å². The minimum atomic E-state index is -5.08. The van der Waals surface area contributed by atoms with Crippen molar-refractivity contribution in [2.75, 3.05) is 40.1 Å². The van der Waals surface area contributed by atoms with Crippen molar-refractivity contribution in [3.05, 3.63) is 88.2 Å². The van der Waals surface area contributed by atoms with E-state index in [4.69, 9.17) is 41.4 Å². The number of halogens is 5. The first-order valence-corrected chi connectivity index (χ1v) is 16.8. The lowest BCUT2D eigenvalue weighted by Gasteiger charge is -2.36. The lowest BCUT2D eigenvalue weighted by Crippen LogP contribution is -2.48. The molecule has 2 aliphatic rings. The molecule has 2 fully saturated rings. The molecule has 11 nitrogen and oxygen atoms in total. The minimum Gasteiger partial charge on any atom is -0.488 e. The van der Waals surface area contributed by atoms with Crippen LogP contribution >= 0.6 is 11.6 Å². The topological polar surface area (TPSA) is 161 Å². The zero-order valence-electron chi connectivity index (χ0n) is 28.2. The van der Waals surface area contributed by atoms with E-state index in [0.29, 0.717) is 12.1 Å². The summed E-state index contributed by atoms with van der Waals surface area (Å²) < 4.78 is 63.5. The maximum absolute atomic E-state index is 16.0. The summed E-state index contributed by atoms with van der Waals surface area (Å²) in [6, 6.07) is 18.3. The van der Waals surface area contributed by atoms with Crippen molar-refractivity contribution in [1.29, 1.82) is 0 Å². The van der Waals surface area contributed by atoms with Gasteiger partial charge in [0.05, 0.1) is 24.8 Å². The Morgan fingerprint density at radius 3 is 2.33 bits per heavy atom. The highest BCUT2D eigenvalue weighted by Crippen LogP contribution is 2.39. The second kappa shape index (κ2) is 18.4. The first-order valence-electron chi connectivity index (χ1n) is 16.4. The van der Waals surface area contributed by atoms with E-state index in [-0.39, 0.29) is 78.5 Å². The van der Waals surface area contributed by atoms with E-state index in [0.717, 1.165) is 36.8 Å². The number of ether oxygens (including phenoxy) is 3. The Bertz CT molecular complexity index is 1690. The van der Waals surface area contributed by atoms with E-state index in [2.05, 4.69) is 5.32 Å². The van der Waals surface area contributed by atoms with Gasteiger partial charge in [0.2, 0.25) is 5.91 Å². The second-order valence-electron chi connectivity index (χ2n) is 12.2. The number of carboxylic acid groups (broad SMARTS) is 1. The number of carbonyl (C=O) groups is 3. The molecular formula is C36H40ClF4N3O8. The number of aliphatic hydroxyl groups excluding tert-OH is 1. The zero-order valence-corrected chi connectivity index (χ0v) is 29.0. The highest BCUT2D eigenvalue weighted by Gasteiger charge is 2.40. The summed E-state index contributed by atoms with van der Waals surface area (Å²) >= 11 is 6.66. The van der Waals surface area contributed by atoms with Crippen LogP contribution in [0.25, 0.3) is 11.1 Å². The van der Waals surface area contributed by atoms with Gasteiger partial charge >= 0.3 is 18.2 Å². The molecule has 5 rings (SSSR count). The lowest BCUT2D eigenvalue weighted by molar-refractivity contribution is -0.192. The van der Waals surface area contributed by atoms with Gasteiger partial charge in [-0.3, -0.25) is 9.69 Å². The molecule has 2 atom stereocenters. The predicted octanol–water partition coefficient (Wildman–Crippen LogP) is 5.75. The molecule has 1 unspecified atom stereocenters. The third kappa shape index (κ3) is 10.1. The van der Waals surface area contributed by atoms with E-state index in [9.17, 15) is 27.9 Å². The molecule has 1 heterocycles. The summed E-state index contributed by atoms with van der Waals surface area (Å²) in [4.78, 5) is 35.3. The molecule has 0 spiro atoms. The molecule has 0 radical (unpaired) electrons. The van der Waals surface area contributed by atoms with Crippen LogP contribution in [-0.2, 0) is 14.3 Å². The molecular weight excluding hydrogens is 714 g/mol. The van der Waals surface area contributed by atoms with Gasteiger partial charge in [-0.05, 0) is 61.1 Å². The Hall–Kier alpha value is -4.44. The summed E-state index contributed by atoms with van der Waals surface area (Å²) in [5.41, 5.74) is 7.95. The molecule has 3 aromatic rings. The third-order valence-electron chi connectivity index (χ3n) is 8.94. The fourth-order valence-corrected chi connectivity index (χ4v) is 6.55. The highest BCUT2D eigenvalue weighted by atomic mass is 35.5. The Kier molecular flexibility index (Phi) is 14.2. The minimum absolute atomic E-state index is 0.00195. The number of nitrogens with zero attached hydrogens (tertiary/aromatic N) is 1. The van der Waals surface area contributed by atoms with E-state index in [1.54, 1.807) is 11.0 Å². The van der Waals surface area contributed by atoms with Crippen molar-refractivity contribution >= 4 is 29.6 Å². The van der Waals surface area contributed by atoms with Crippen molar-refractivity contribution in [3.63, 3.8) is 0 Å². The zero-order chi connectivity index (χ0) is 38.0. The average Bonchev–Trinajstić information content (AvgIpc) is 3.50. The second-order valence-corrected chi connectivity index (χ2v) is 12.7. The molecule has 0 aromatic heterocycles. The molecule has 5 N–H and O–H groups in total. The number of cyclic esters (lactones) is 1. The first-order chi connectivity index (χ1) is 24.8. The fourth-order valence-electron chi connectivity index (χ4n) is 6.34. The van der Waals surface area contributed by atoms with Gasteiger partial charge in [-0.1, -0.05) is 48.0 Å². The number of benzene rings is 3. The molecule has 2 amide bonds. The molecule has 282 valence electrons. The number of primary amides is 1.